The number of aliphatic hydroxyl groups excluding tert-OH is 1. The highest BCUT2D eigenvalue weighted by Gasteiger charge is 2.04. The first-order valence-corrected chi connectivity index (χ1v) is 5.99. The van der Waals surface area contributed by atoms with E-state index in [9.17, 15) is 4.79 Å². The summed E-state index contributed by atoms with van der Waals surface area (Å²) in [6.45, 7) is 3.15. The van der Waals surface area contributed by atoms with Crippen molar-refractivity contribution in [3.63, 3.8) is 0 Å². The number of benzene rings is 1. The Morgan fingerprint density at radius 3 is 2.94 bits per heavy atom. The number of carbonyl (C=O) groups is 1. The van der Waals surface area contributed by atoms with Crippen molar-refractivity contribution < 1.29 is 9.90 Å². The molecule has 0 radical (unpaired) electrons. The Balaban J connectivity index is 2.16. The SMILES string of the molecule is CCn1ccc2ccc(NC(=O)NCCO)cc21. The summed E-state index contributed by atoms with van der Waals surface area (Å²) in [5, 5.41) is 15.0. The highest BCUT2D eigenvalue weighted by Crippen LogP contribution is 2.20. The van der Waals surface area contributed by atoms with E-state index in [2.05, 4.69) is 28.2 Å². The molecule has 0 aliphatic heterocycles. The normalized spacial score (nSPS) is 10.6. The maximum Gasteiger partial charge on any atom is 0.319 e. The molecule has 0 aliphatic carbocycles. The zero-order valence-corrected chi connectivity index (χ0v) is 10.3. The Hall–Kier alpha value is -2.01. The van der Waals surface area contributed by atoms with Crippen LogP contribution in [0.15, 0.2) is 30.5 Å². The second-order valence-electron chi connectivity index (χ2n) is 3.98. The highest BCUT2D eigenvalue weighted by atomic mass is 16.3. The van der Waals surface area contributed by atoms with E-state index in [1.807, 2.05) is 24.4 Å². The van der Waals surface area contributed by atoms with Crippen LogP contribution in [0.25, 0.3) is 10.9 Å². The van der Waals surface area contributed by atoms with Crippen molar-refractivity contribution in [1.82, 2.24) is 9.88 Å². The van der Waals surface area contributed by atoms with Gasteiger partial charge in [-0.3, -0.25) is 0 Å². The van der Waals surface area contributed by atoms with E-state index in [1.54, 1.807) is 0 Å². The summed E-state index contributed by atoms with van der Waals surface area (Å²) in [6, 6.07) is 7.52. The maximum atomic E-state index is 11.5. The van der Waals surface area contributed by atoms with Gasteiger partial charge in [-0.25, -0.2) is 4.79 Å². The number of aromatic nitrogens is 1. The summed E-state index contributed by atoms with van der Waals surface area (Å²) in [4.78, 5) is 11.5. The Morgan fingerprint density at radius 1 is 1.39 bits per heavy atom. The second-order valence-corrected chi connectivity index (χ2v) is 3.98. The number of nitrogens with one attached hydrogen (secondary N) is 2. The number of fused-ring (bicyclic) bond motifs is 1. The number of aliphatic hydroxyl groups is 1. The number of aryl methyl sites for hydroxylation is 1. The molecule has 1 aromatic heterocycles. The summed E-state index contributed by atoms with van der Waals surface area (Å²) in [5.74, 6) is 0. The third-order valence-electron chi connectivity index (χ3n) is 2.77. The Morgan fingerprint density at radius 2 is 2.22 bits per heavy atom. The van der Waals surface area contributed by atoms with Crippen molar-refractivity contribution in [2.75, 3.05) is 18.5 Å². The molecular weight excluding hydrogens is 230 g/mol. The topological polar surface area (TPSA) is 66.3 Å². The quantitative estimate of drug-likeness (QED) is 0.771. The molecule has 0 atom stereocenters. The van der Waals surface area contributed by atoms with Crippen LogP contribution in [0.1, 0.15) is 6.92 Å². The third kappa shape index (κ3) is 2.62. The van der Waals surface area contributed by atoms with E-state index in [0.717, 1.165) is 23.1 Å². The van der Waals surface area contributed by atoms with Gasteiger partial charge < -0.3 is 20.3 Å². The van der Waals surface area contributed by atoms with Gasteiger partial charge in [0.15, 0.2) is 0 Å². The van der Waals surface area contributed by atoms with Crippen LogP contribution in [0, 0.1) is 0 Å². The molecule has 5 nitrogen and oxygen atoms in total. The van der Waals surface area contributed by atoms with E-state index >= 15 is 0 Å². The molecule has 3 N–H and O–H groups in total. The Labute approximate surface area is 105 Å². The van der Waals surface area contributed by atoms with Crippen LogP contribution in [0.3, 0.4) is 0 Å². The molecule has 0 aliphatic rings. The van der Waals surface area contributed by atoms with Gasteiger partial charge in [0, 0.05) is 25.0 Å². The molecule has 0 saturated heterocycles. The van der Waals surface area contributed by atoms with Crippen LogP contribution in [0.2, 0.25) is 0 Å². The minimum Gasteiger partial charge on any atom is -0.395 e. The lowest BCUT2D eigenvalue weighted by Crippen LogP contribution is -2.30. The van der Waals surface area contributed by atoms with E-state index in [4.69, 9.17) is 5.11 Å². The fraction of sp³-hybridized carbons (Fsp3) is 0.308. The molecule has 18 heavy (non-hydrogen) atoms. The molecule has 0 saturated carbocycles. The smallest absolute Gasteiger partial charge is 0.319 e. The van der Waals surface area contributed by atoms with Crippen LogP contribution >= 0.6 is 0 Å². The van der Waals surface area contributed by atoms with Crippen molar-refractivity contribution in [2.24, 2.45) is 0 Å². The first kappa shape index (κ1) is 12.4. The molecule has 5 heteroatoms. The molecule has 2 amide bonds. The minimum atomic E-state index is -0.307. The van der Waals surface area contributed by atoms with E-state index in [1.165, 1.54) is 0 Å². The predicted molar refractivity (Wildman–Crippen MR) is 71.7 cm³/mol. The Bertz CT molecular complexity index is 548. The second kappa shape index (κ2) is 5.55. The van der Waals surface area contributed by atoms with Crippen LogP contribution < -0.4 is 10.6 Å². The van der Waals surface area contributed by atoms with Gasteiger partial charge in [-0.15, -0.1) is 0 Å². The van der Waals surface area contributed by atoms with Crippen LogP contribution in [-0.2, 0) is 6.54 Å². The first-order valence-electron chi connectivity index (χ1n) is 5.99. The van der Waals surface area contributed by atoms with Crippen molar-refractivity contribution in [3.8, 4) is 0 Å². The zero-order valence-electron chi connectivity index (χ0n) is 10.3. The molecule has 0 spiro atoms. The number of rotatable bonds is 4. The largest absolute Gasteiger partial charge is 0.395 e. The van der Waals surface area contributed by atoms with Gasteiger partial charge in [0.2, 0.25) is 0 Å². The lowest BCUT2D eigenvalue weighted by atomic mass is 10.2. The lowest BCUT2D eigenvalue weighted by Gasteiger charge is -2.07. The highest BCUT2D eigenvalue weighted by molar-refractivity contribution is 5.92. The summed E-state index contributed by atoms with van der Waals surface area (Å²) < 4.78 is 2.12. The average Bonchev–Trinajstić information content (AvgIpc) is 2.78. The first-order chi connectivity index (χ1) is 8.74. The van der Waals surface area contributed by atoms with E-state index in [0.29, 0.717) is 0 Å². The average molecular weight is 247 g/mol. The van der Waals surface area contributed by atoms with Crippen LogP contribution in [-0.4, -0.2) is 28.9 Å². The third-order valence-corrected chi connectivity index (χ3v) is 2.77. The maximum absolute atomic E-state index is 11.5. The van der Waals surface area contributed by atoms with Gasteiger partial charge in [-0.1, -0.05) is 6.07 Å². The molecule has 1 heterocycles. The number of carbonyl (C=O) groups excluding carboxylic acids is 1. The molecule has 96 valence electrons. The van der Waals surface area contributed by atoms with Crippen LogP contribution in [0.4, 0.5) is 10.5 Å². The lowest BCUT2D eigenvalue weighted by molar-refractivity contribution is 0.245. The summed E-state index contributed by atoms with van der Waals surface area (Å²) in [5.41, 5.74) is 1.84. The molecule has 0 unspecified atom stereocenters. The standard InChI is InChI=1S/C13H17N3O2/c1-2-16-7-5-10-3-4-11(9-12(10)16)15-13(18)14-6-8-17/h3-5,7,9,17H,2,6,8H2,1H3,(H2,14,15,18). The molecule has 1 aromatic carbocycles. The molecular formula is C13H17N3O2. The van der Waals surface area contributed by atoms with Crippen LogP contribution in [0.5, 0.6) is 0 Å². The van der Waals surface area contributed by atoms with Gasteiger partial charge in [-0.05, 0) is 30.5 Å². The van der Waals surface area contributed by atoms with Crippen molar-refractivity contribution in [2.45, 2.75) is 13.5 Å². The van der Waals surface area contributed by atoms with E-state index < -0.39 is 0 Å². The van der Waals surface area contributed by atoms with Gasteiger partial charge in [0.25, 0.3) is 0 Å². The zero-order chi connectivity index (χ0) is 13.0. The summed E-state index contributed by atoms with van der Waals surface area (Å²) >= 11 is 0. The monoisotopic (exact) mass is 247 g/mol. The molecule has 0 fully saturated rings. The minimum absolute atomic E-state index is 0.0643. The van der Waals surface area contributed by atoms with Gasteiger partial charge in [0.1, 0.15) is 0 Å². The van der Waals surface area contributed by atoms with Gasteiger partial charge >= 0.3 is 6.03 Å². The van der Waals surface area contributed by atoms with Gasteiger partial charge in [0.05, 0.1) is 12.1 Å². The van der Waals surface area contributed by atoms with Crippen molar-refractivity contribution in [1.29, 1.82) is 0 Å². The van der Waals surface area contributed by atoms with Crippen molar-refractivity contribution >= 4 is 22.6 Å². The number of amides is 2. The fourth-order valence-corrected chi connectivity index (χ4v) is 1.88. The van der Waals surface area contributed by atoms with E-state index in [-0.39, 0.29) is 19.2 Å². The van der Waals surface area contributed by atoms with Gasteiger partial charge in [-0.2, -0.15) is 0 Å². The number of urea groups is 1. The number of anilines is 1. The summed E-state index contributed by atoms with van der Waals surface area (Å²) in [7, 11) is 0. The number of nitrogens with zero attached hydrogens (tertiary/aromatic N) is 1. The molecule has 0 bridgehead atoms. The van der Waals surface area contributed by atoms with Crippen molar-refractivity contribution in [3.05, 3.63) is 30.5 Å². The number of hydrogen-bond acceptors (Lipinski definition) is 2. The summed E-state index contributed by atoms with van der Waals surface area (Å²) in [6.07, 6.45) is 2.03. The fourth-order valence-electron chi connectivity index (χ4n) is 1.88. The molecule has 2 aromatic rings. The Kier molecular flexibility index (Phi) is 3.84. The number of hydrogen-bond donors (Lipinski definition) is 3. The molecule has 2 rings (SSSR count). The predicted octanol–water partition coefficient (Wildman–Crippen LogP) is 1.77.